The van der Waals surface area contributed by atoms with Gasteiger partial charge in [-0.25, -0.2) is 13.6 Å². The lowest BCUT2D eigenvalue weighted by atomic mass is 10.1. The Morgan fingerprint density at radius 3 is 2.50 bits per heavy atom. The van der Waals surface area contributed by atoms with E-state index in [9.17, 15) is 28.5 Å². The first-order chi connectivity index (χ1) is 12.2. The zero-order valence-electron chi connectivity index (χ0n) is 13.8. The third kappa shape index (κ3) is 4.38. The number of carbonyl (C=O) groups is 2. The van der Waals surface area contributed by atoms with Crippen LogP contribution in [0.25, 0.3) is 0 Å². The Morgan fingerprint density at radius 1 is 1.19 bits per heavy atom. The van der Waals surface area contributed by atoms with E-state index >= 15 is 0 Å². The predicted molar refractivity (Wildman–Crippen MR) is 87.7 cm³/mol. The molecule has 136 valence electrons. The Morgan fingerprint density at radius 2 is 1.88 bits per heavy atom. The van der Waals surface area contributed by atoms with Crippen molar-refractivity contribution in [2.24, 2.45) is 0 Å². The van der Waals surface area contributed by atoms with Gasteiger partial charge in [0.15, 0.2) is 6.10 Å². The largest absolute Gasteiger partial charge is 0.449 e. The van der Waals surface area contributed by atoms with Crippen LogP contribution >= 0.6 is 0 Å². The molecule has 0 aliphatic carbocycles. The van der Waals surface area contributed by atoms with Crippen LogP contribution in [-0.4, -0.2) is 22.9 Å². The lowest BCUT2D eigenvalue weighted by molar-refractivity contribution is -0.385. The minimum absolute atomic E-state index is 0.102. The summed E-state index contributed by atoms with van der Waals surface area (Å²) in [6, 6.07) is 6.34. The summed E-state index contributed by atoms with van der Waals surface area (Å²) >= 11 is 0. The molecule has 0 unspecified atom stereocenters. The van der Waals surface area contributed by atoms with E-state index in [4.69, 9.17) is 4.74 Å². The number of anilines is 1. The van der Waals surface area contributed by atoms with Crippen molar-refractivity contribution in [1.82, 2.24) is 0 Å². The van der Waals surface area contributed by atoms with Crippen LogP contribution in [0.2, 0.25) is 0 Å². The van der Waals surface area contributed by atoms with Gasteiger partial charge in [0.2, 0.25) is 0 Å². The minimum atomic E-state index is -1.31. The molecule has 9 heteroatoms. The fraction of sp³-hybridized carbons (Fsp3) is 0.176. The summed E-state index contributed by atoms with van der Waals surface area (Å²) in [6.07, 6.45) is -1.31. The van der Waals surface area contributed by atoms with Gasteiger partial charge in [0.1, 0.15) is 11.6 Å². The molecule has 7 nitrogen and oxygen atoms in total. The number of carbonyl (C=O) groups excluding carboxylic acids is 2. The van der Waals surface area contributed by atoms with Gasteiger partial charge in [0.25, 0.3) is 11.6 Å². The highest BCUT2D eigenvalue weighted by molar-refractivity contribution is 5.97. The Kier molecular flexibility index (Phi) is 5.61. The predicted octanol–water partition coefficient (Wildman–Crippen LogP) is 3.37. The first kappa shape index (κ1) is 19.0. The molecule has 0 aromatic heterocycles. The van der Waals surface area contributed by atoms with Gasteiger partial charge in [-0.3, -0.25) is 14.9 Å². The number of hydrogen-bond donors (Lipinski definition) is 1. The molecule has 0 fully saturated rings. The van der Waals surface area contributed by atoms with Crippen LogP contribution in [0.3, 0.4) is 0 Å². The van der Waals surface area contributed by atoms with E-state index < -0.39 is 34.5 Å². The molecular formula is C17H14F2N2O5. The summed E-state index contributed by atoms with van der Waals surface area (Å²) in [6.45, 7) is 2.76. The molecule has 0 spiro atoms. The number of hydrogen-bond acceptors (Lipinski definition) is 5. The lowest BCUT2D eigenvalue weighted by Crippen LogP contribution is -2.30. The quantitative estimate of drug-likeness (QED) is 0.498. The molecule has 0 heterocycles. The van der Waals surface area contributed by atoms with Crippen molar-refractivity contribution in [3.8, 4) is 0 Å². The maximum absolute atomic E-state index is 13.5. The number of rotatable bonds is 5. The number of halogens is 2. The van der Waals surface area contributed by atoms with Crippen LogP contribution in [-0.2, 0) is 9.53 Å². The standard InChI is InChI=1S/C17H14F2N2O5/c1-9-3-4-11(7-15(9)21(24)25)17(23)26-10(2)16(22)20-14-6-5-12(18)8-13(14)19/h3-8,10H,1-2H3,(H,20,22)/t10-/m0/s1. The van der Waals surface area contributed by atoms with E-state index in [0.717, 1.165) is 18.2 Å². The van der Waals surface area contributed by atoms with Gasteiger partial charge < -0.3 is 10.1 Å². The van der Waals surface area contributed by atoms with Crippen molar-refractivity contribution in [1.29, 1.82) is 0 Å². The SMILES string of the molecule is Cc1ccc(C(=O)O[C@@H](C)C(=O)Nc2ccc(F)cc2F)cc1[N+](=O)[O-]. The number of nitrogens with zero attached hydrogens (tertiary/aromatic N) is 1. The number of nitro groups is 1. The molecule has 1 amide bonds. The molecule has 2 rings (SSSR count). The van der Waals surface area contributed by atoms with Crippen molar-refractivity contribution < 1.29 is 28.0 Å². The van der Waals surface area contributed by atoms with Crippen molar-refractivity contribution in [2.45, 2.75) is 20.0 Å². The number of aryl methyl sites for hydroxylation is 1. The summed E-state index contributed by atoms with van der Waals surface area (Å²) in [4.78, 5) is 34.3. The molecule has 1 atom stereocenters. The number of benzene rings is 2. The lowest BCUT2D eigenvalue weighted by Gasteiger charge is -2.14. The second-order valence-electron chi connectivity index (χ2n) is 5.42. The molecule has 0 saturated heterocycles. The smallest absolute Gasteiger partial charge is 0.339 e. The normalized spacial score (nSPS) is 11.5. The number of ether oxygens (including phenoxy) is 1. The fourth-order valence-corrected chi connectivity index (χ4v) is 2.04. The maximum atomic E-state index is 13.5. The van der Waals surface area contributed by atoms with E-state index in [2.05, 4.69) is 5.32 Å². The maximum Gasteiger partial charge on any atom is 0.339 e. The molecule has 0 aliphatic rings. The number of nitro benzene ring substituents is 1. The minimum Gasteiger partial charge on any atom is -0.449 e. The second kappa shape index (κ2) is 7.68. The number of nitrogens with one attached hydrogen (secondary N) is 1. The van der Waals surface area contributed by atoms with Gasteiger partial charge in [0, 0.05) is 17.7 Å². The highest BCUT2D eigenvalue weighted by atomic mass is 19.1. The van der Waals surface area contributed by atoms with Crippen LogP contribution < -0.4 is 5.32 Å². The van der Waals surface area contributed by atoms with Gasteiger partial charge in [-0.05, 0) is 32.0 Å². The van der Waals surface area contributed by atoms with Crippen LogP contribution in [0.5, 0.6) is 0 Å². The molecule has 2 aromatic rings. The Labute approximate surface area is 146 Å². The van der Waals surface area contributed by atoms with E-state index in [1.165, 1.54) is 26.0 Å². The van der Waals surface area contributed by atoms with Crippen molar-refractivity contribution in [3.05, 3.63) is 69.3 Å². The molecule has 0 aliphatic heterocycles. The van der Waals surface area contributed by atoms with E-state index in [0.29, 0.717) is 11.6 Å². The van der Waals surface area contributed by atoms with Crippen molar-refractivity contribution >= 4 is 23.3 Å². The number of esters is 1. The zero-order valence-corrected chi connectivity index (χ0v) is 13.8. The molecule has 0 bridgehead atoms. The highest BCUT2D eigenvalue weighted by Gasteiger charge is 2.22. The average molecular weight is 364 g/mol. The summed E-state index contributed by atoms with van der Waals surface area (Å²) < 4.78 is 31.3. The van der Waals surface area contributed by atoms with Gasteiger partial charge in [-0.1, -0.05) is 6.07 Å². The van der Waals surface area contributed by atoms with Crippen LogP contribution in [0, 0.1) is 28.7 Å². The number of amides is 1. The van der Waals surface area contributed by atoms with Crippen LogP contribution in [0.4, 0.5) is 20.2 Å². The van der Waals surface area contributed by atoms with Gasteiger partial charge in [-0.15, -0.1) is 0 Å². The molecule has 1 N–H and O–H groups in total. The van der Waals surface area contributed by atoms with E-state index in [-0.39, 0.29) is 16.9 Å². The van der Waals surface area contributed by atoms with Crippen molar-refractivity contribution in [2.75, 3.05) is 5.32 Å². The fourth-order valence-electron chi connectivity index (χ4n) is 2.04. The Balaban J connectivity index is 2.07. The Bertz CT molecular complexity index is 885. The van der Waals surface area contributed by atoms with Crippen LogP contribution in [0.15, 0.2) is 36.4 Å². The zero-order chi connectivity index (χ0) is 19.4. The topological polar surface area (TPSA) is 98.5 Å². The average Bonchev–Trinajstić information content (AvgIpc) is 2.57. The second-order valence-corrected chi connectivity index (χ2v) is 5.42. The summed E-state index contributed by atoms with van der Waals surface area (Å²) in [5, 5.41) is 13.1. The first-order valence-electron chi connectivity index (χ1n) is 7.41. The Hall–Kier alpha value is -3.36. The summed E-state index contributed by atoms with van der Waals surface area (Å²) in [5.41, 5.74) is -0.269. The molecule has 2 aromatic carbocycles. The highest BCUT2D eigenvalue weighted by Crippen LogP contribution is 2.20. The van der Waals surface area contributed by atoms with E-state index in [1.807, 2.05) is 0 Å². The van der Waals surface area contributed by atoms with Gasteiger partial charge >= 0.3 is 5.97 Å². The molecular weight excluding hydrogens is 350 g/mol. The third-order valence-electron chi connectivity index (χ3n) is 3.48. The van der Waals surface area contributed by atoms with Crippen LogP contribution in [0.1, 0.15) is 22.8 Å². The van der Waals surface area contributed by atoms with E-state index in [1.54, 1.807) is 0 Å². The first-order valence-corrected chi connectivity index (χ1v) is 7.41. The molecule has 26 heavy (non-hydrogen) atoms. The summed E-state index contributed by atoms with van der Waals surface area (Å²) in [7, 11) is 0. The van der Waals surface area contributed by atoms with Crippen molar-refractivity contribution in [3.63, 3.8) is 0 Å². The molecule has 0 radical (unpaired) electrons. The van der Waals surface area contributed by atoms with Gasteiger partial charge in [0.05, 0.1) is 16.2 Å². The molecule has 0 saturated carbocycles. The third-order valence-corrected chi connectivity index (χ3v) is 3.48. The summed E-state index contributed by atoms with van der Waals surface area (Å²) in [5.74, 6) is -3.58. The monoisotopic (exact) mass is 364 g/mol. The van der Waals surface area contributed by atoms with Gasteiger partial charge in [-0.2, -0.15) is 0 Å².